The van der Waals surface area contributed by atoms with Crippen molar-refractivity contribution >= 4 is 39.8 Å². The standard InChI is InChI=1S/C24H26ClN3O2/c1-15-2-5-20-18(12-15)19-13-16(3-6-21(19)26-20)24(29)27-22-14-17(25)4-7-23(22)28-8-10-30-11-9-28/h3-4,6-7,13-15,26H,2,5,8-12H2,1H3,(H,27,29). The molecule has 1 aliphatic carbocycles. The van der Waals surface area contributed by atoms with Crippen LogP contribution in [-0.2, 0) is 17.6 Å². The van der Waals surface area contributed by atoms with Crippen LogP contribution in [0.3, 0.4) is 0 Å². The second kappa shape index (κ2) is 7.97. The van der Waals surface area contributed by atoms with Crippen LogP contribution >= 0.6 is 11.6 Å². The maximum Gasteiger partial charge on any atom is 0.255 e. The highest BCUT2D eigenvalue weighted by Gasteiger charge is 2.21. The van der Waals surface area contributed by atoms with Crippen LogP contribution in [-0.4, -0.2) is 37.2 Å². The number of hydrogen-bond acceptors (Lipinski definition) is 3. The Bertz CT molecular complexity index is 1100. The highest BCUT2D eigenvalue weighted by atomic mass is 35.5. The number of benzene rings is 2. The van der Waals surface area contributed by atoms with E-state index >= 15 is 0 Å². The molecule has 0 radical (unpaired) electrons. The van der Waals surface area contributed by atoms with Gasteiger partial charge in [-0.15, -0.1) is 0 Å². The number of ether oxygens (including phenoxy) is 1. The van der Waals surface area contributed by atoms with E-state index in [1.807, 2.05) is 36.4 Å². The summed E-state index contributed by atoms with van der Waals surface area (Å²) in [4.78, 5) is 18.9. The van der Waals surface area contributed by atoms with Gasteiger partial charge in [0.15, 0.2) is 0 Å². The number of carbonyl (C=O) groups is 1. The number of hydrogen-bond donors (Lipinski definition) is 2. The van der Waals surface area contributed by atoms with Gasteiger partial charge in [-0.25, -0.2) is 0 Å². The molecule has 0 saturated carbocycles. The van der Waals surface area contributed by atoms with E-state index in [2.05, 4.69) is 22.1 Å². The van der Waals surface area contributed by atoms with Gasteiger partial charge < -0.3 is 19.9 Å². The van der Waals surface area contributed by atoms with Crippen molar-refractivity contribution < 1.29 is 9.53 Å². The van der Waals surface area contributed by atoms with Crippen LogP contribution in [0.5, 0.6) is 0 Å². The zero-order valence-electron chi connectivity index (χ0n) is 17.1. The zero-order valence-corrected chi connectivity index (χ0v) is 17.9. The monoisotopic (exact) mass is 423 g/mol. The van der Waals surface area contributed by atoms with Crippen LogP contribution in [0.4, 0.5) is 11.4 Å². The first-order valence-electron chi connectivity index (χ1n) is 10.7. The van der Waals surface area contributed by atoms with Gasteiger partial charge in [0.05, 0.1) is 24.6 Å². The van der Waals surface area contributed by atoms with E-state index in [4.69, 9.17) is 16.3 Å². The van der Waals surface area contributed by atoms with Crippen LogP contribution in [0.1, 0.15) is 35.0 Å². The van der Waals surface area contributed by atoms with Gasteiger partial charge in [-0.05, 0) is 67.1 Å². The summed E-state index contributed by atoms with van der Waals surface area (Å²) in [5.41, 5.74) is 6.18. The van der Waals surface area contributed by atoms with E-state index in [-0.39, 0.29) is 5.91 Å². The van der Waals surface area contributed by atoms with Crippen LogP contribution < -0.4 is 10.2 Å². The smallest absolute Gasteiger partial charge is 0.255 e. The normalized spacial score (nSPS) is 19.0. The van der Waals surface area contributed by atoms with E-state index in [1.165, 1.54) is 23.1 Å². The van der Waals surface area contributed by atoms with E-state index in [0.29, 0.717) is 29.7 Å². The number of aromatic amines is 1. The summed E-state index contributed by atoms with van der Waals surface area (Å²) in [5, 5.41) is 4.87. The van der Waals surface area contributed by atoms with Gasteiger partial charge in [-0.3, -0.25) is 4.79 Å². The molecule has 30 heavy (non-hydrogen) atoms. The molecule has 1 aromatic heterocycles. The summed E-state index contributed by atoms with van der Waals surface area (Å²) < 4.78 is 5.46. The maximum atomic E-state index is 13.2. The lowest BCUT2D eigenvalue weighted by Gasteiger charge is -2.30. The number of nitrogens with one attached hydrogen (secondary N) is 2. The molecule has 1 aliphatic heterocycles. The molecule has 6 heteroatoms. The van der Waals surface area contributed by atoms with E-state index in [1.54, 1.807) is 0 Å². The Morgan fingerprint density at radius 2 is 2.03 bits per heavy atom. The van der Waals surface area contributed by atoms with Crippen LogP contribution in [0, 0.1) is 5.92 Å². The number of H-pyrrole nitrogens is 1. The predicted molar refractivity (Wildman–Crippen MR) is 122 cm³/mol. The van der Waals surface area contributed by atoms with Crippen LogP contribution in [0.15, 0.2) is 36.4 Å². The summed E-state index contributed by atoms with van der Waals surface area (Å²) in [5.74, 6) is 0.559. The molecule has 1 unspecified atom stereocenters. The molecule has 5 nitrogen and oxygen atoms in total. The van der Waals surface area contributed by atoms with Gasteiger partial charge in [0, 0.05) is 40.3 Å². The molecule has 2 aliphatic rings. The first kappa shape index (κ1) is 19.5. The van der Waals surface area contributed by atoms with Crippen molar-refractivity contribution in [1.82, 2.24) is 4.98 Å². The molecule has 0 bridgehead atoms. The minimum Gasteiger partial charge on any atom is -0.378 e. The lowest BCUT2D eigenvalue weighted by atomic mass is 9.87. The van der Waals surface area contributed by atoms with Gasteiger partial charge in [-0.2, -0.15) is 0 Å². The van der Waals surface area contributed by atoms with Crippen molar-refractivity contribution in [3.8, 4) is 0 Å². The topological polar surface area (TPSA) is 57.4 Å². The van der Waals surface area contributed by atoms with E-state index < -0.39 is 0 Å². The molecule has 2 aromatic carbocycles. The number of halogens is 1. The minimum absolute atomic E-state index is 0.118. The molecule has 5 rings (SSSR count). The van der Waals surface area contributed by atoms with Gasteiger partial charge in [-0.1, -0.05) is 18.5 Å². The van der Waals surface area contributed by atoms with Crippen molar-refractivity contribution in [1.29, 1.82) is 0 Å². The first-order chi connectivity index (χ1) is 14.6. The fraction of sp³-hybridized carbons (Fsp3) is 0.375. The van der Waals surface area contributed by atoms with Crippen LogP contribution in [0.25, 0.3) is 10.9 Å². The highest BCUT2D eigenvalue weighted by molar-refractivity contribution is 6.31. The number of aromatic nitrogens is 1. The van der Waals surface area contributed by atoms with Crippen molar-refractivity contribution in [2.75, 3.05) is 36.5 Å². The molecule has 2 N–H and O–H groups in total. The second-order valence-electron chi connectivity index (χ2n) is 8.41. The van der Waals surface area contributed by atoms with Gasteiger partial charge in [0.25, 0.3) is 5.91 Å². The number of aryl methyl sites for hydroxylation is 1. The third-order valence-corrected chi connectivity index (χ3v) is 6.49. The molecule has 3 aromatic rings. The number of rotatable bonds is 3. The molecular formula is C24H26ClN3O2. The average molecular weight is 424 g/mol. The maximum absolute atomic E-state index is 13.2. The molecule has 1 saturated heterocycles. The molecular weight excluding hydrogens is 398 g/mol. The summed E-state index contributed by atoms with van der Waals surface area (Å²) in [6.45, 7) is 5.26. The van der Waals surface area contributed by atoms with Crippen LogP contribution in [0.2, 0.25) is 5.02 Å². The quantitative estimate of drug-likeness (QED) is 0.620. The Kier molecular flexibility index (Phi) is 5.17. The number of anilines is 2. The Hall–Kier alpha value is -2.50. The summed E-state index contributed by atoms with van der Waals surface area (Å²) >= 11 is 6.24. The van der Waals surface area contributed by atoms with Gasteiger partial charge >= 0.3 is 0 Å². The molecule has 2 heterocycles. The van der Waals surface area contributed by atoms with Crippen molar-refractivity contribution in [3.63, 3.8) is 0 Å². The Morgan fingerprint density at radius 3 is 2.87 bits per heavy atom. The molecule has 156 valence electrons. The van der Waals surface area contributed by atoms with Crippen molar-refractivity contribution in [3.05, 3.63) is 58.2 Å². The lowest BCUT2D eigenvalue weighted by molar-refractivity contribution is 0.102. The van der Waals surface area contributed by atoms with Gasteiger partial charge in [0.2, 0.25) is 0 Å². The van der Waals surface area contributed by atoms with Gasteiger partial charge in [0.1, 0.15) is 0 Å². The number of amides is 1. The number of nitrogens with zero attached hydrogens (tertiary/aromatic N) is 1. The number of fused-ring (bicyclic) bond motifs is 3. The number of carbonyl (C=O) groups excluding carboxylic acids is 1. The zero-order chi connectivity index (χ0) is 20.7. The molecule has 0 spiro atoms. The SMILES string of the molecule is CC1CCc2[nH]c3ccc(C(=O)Nc4cc(Cl)ccc4N4CCOCC4)cc3c2C1. The summed E-state index contributed by atoms with van der Waals surface area (Å²) in [6, 6.07) is 11.6. The minimum atomic E-state index is -0.118. The predicted octanol–water partition coefficient (Wildman–Crippen LogP) is 5.04. The Balaban J connectivity index is 1.45. The fourth-order valence-electron chi connectivity index (χ4n) is 4.62. The fourth-order valence-corrected chi connectivity index (χ4v) is 4.79. The van der Waals surface area contributed by atoms with Crippen molar-refractivity contribution in [2.45, 2.75) is 26.2 Å². The summed E-state index contributed by atoms with van der Waals surface area (Å²) in [6.07, 6.45) is 3.36. The van der Waals surface area contributed by atoms with E-state index in [0.717, 1.165) is 42.8 Å². The molecule has 1 amide bonds. The first-order valence-corrected chi connectivity index (χ1v) is 11.0. The lowest BCUT2D eigenvalue weighted by Crippen LogP contribution is -2.36. The average Bonchev–Trinajstić information content (AvgIpc) is 3.11. The Morgan fingerprint density at radius 1 is 1.20 bits per heavy atom. The largest absolute Gasteiger partial charge is 0.378 e. The Labute approximate surface area is 181 Å². The molecule has 1 fully saturated rings. The second-order valence-corrected chi connectivity index (χ2v) is 8.84. The third kappa shape index (κ3) is 3.68. The third-order valence-electron chi connectivity index (χ3n) is 6.26. The van der Waals surface area contributed by atoms with E-state index in [9.17, 15) is 4.79 Å². The summed E-state index contributed by atoms with van der Waals surface area (Å²) in [7, 11) is 0. The molecule has 1 atom stereocenters. The highest BCUT2D eigenvalue weighted by Crippen LogP contribution is 2.33. The van der Waals surface area contributed by atoms with Crippen molar-refractivity contribution in [2.24, 2.45) is 5.92 Å². The number of morpholine rings is 1.